The molecular weight excluding hydrogens is 338 g/mol. The van der Waals surface area contributed by atoms with Crippen LogP contribution in [0, 0.1) is 13.8 Å². The van der Waals surface area contributed by atoms with E-state index in [9.17, 15) is 9.59 Å². The summed E-state index contributed by atoms with van der Waals surface area (Å²) in [5.74, 6) is -0.766. The molecule has 5 nitrogen and oxygen atoms in total. The molecule has 6 heteroatoms. The molecule has 0 saturated heterocycles. The van der Waals surface area contributed by atoms with Gasteiger partial charge in [0.2, 0.25) is 0 Å². The first-order valence-electron chi connectivity index (χ1n) is 7.76. The monoisotopic (exact) mass is 351 g/mol. The number of hydrogen-bond acceptors (Lipinski definition) is 3. The molecule has 0 bridgehead atoms. The minimum absolute atomic E-state index is 0.283. The normalized spacial score (nSPS) is 14.5. The van der Waals surface area contributed by atoms with Crippen LogP contribution < -0.4 is 4.90 Å². The van der Waals surface area contributed by atoms with Crippen LogP contribution in [0.25, 0.3) is 16.7 Å². The number of amides is 2. The van der Waals surface area contributed by atoms with E-state index >= 15 is 0 Å². The maximum Gasteiger partial charge on any atom is 0.282 e. The number of fused-ring (bicyclic) bond motifs is 1. The Balaban J connectivity index is 1.79. The summed E-state index contributed by atoms with van der Waals surface area (Å²) in [5, 5.41) is 0.544. The van der Waals surface area contributed by atoms with Crippen LogP contribution in [0.5, 0.6) is 0 Å². The summed E-state index contributed by atoms with van der Waals surface area (Å²) >= 11 is 5.88. The van der Waals surface area contributed by atoms with Gasteiger partial charge in [0.15, 0.2) is 0 Å². The maximum atomic E-state index is 12.9. The number of carbonyl (C=O) groups is 2. The molecule has 0 N–H and O–H groups in total. The third-order valence-corrected chi connectivity index (χ3v) is 4.66. The SMILES string of the molecule is Cc1cc2ncn(C3=CC(=O)N(c4ccc(Cl)cc4)C3=O)c2cc1C. The zero-order valence-electron chi connectivity index (χ0n) is 13.7. The highest BCUT2D eigenvalue weighted by Crippen LogP contribution is 2.29. The minimum atomic E-state index is -0.384. The van der Waals surface area contributed by atoms with Crippen LogP contribution in [0.2, 0.25) is 5.02 Å². The summed E-state index contributed by atoms with van der Waals surface area (Å²) < 4.78 is 1.66. The van der Waals surface area contributed by atoms with Gasteiger partial charge in [0.05, 0.1) is 16.7 Å². The topological polar surface area (TPSA) is 55.2 Å². The van der Waals surface area contributed by atoms with Crippen LogP contribution in [-0.4, -0.2) is 21.4 Å². The summed E-state index contributed by atoms with van der Waals surface area (Å²) in [6, 6.07) is 10.5. The molecule has 0 spiro atoms. The predicted molar refractivity (Wildman–Crippen MR) is 97.4 cm³/mol. The molecule has 3 aromatic rings. The number of rotatable bonds is 2. The van der Waals surface area contributed by atoms with E-state index in [1.807, 2.05) is 26.0 Å². The van der Waals surface area contributed by atoms with Crippen molar-refractivity contribution < 1.29 is 9.59 Å². The second kappa shape index (κ2) is 5.57. The smallest absolute Gasteiger partial charge is 0.282 e. The van der Waals surface area contributed by atoms with Crippen molar-refractivity contribution >= 4 is 45.8 Å². The van der Waals surface area contributed by atoms with Gasteiger partial charge in [0, 0.05) is 11.1 Å². The molecule has 0 aliphatic carbocycles. The van der Waals surface area contributed by atoms with E-state index in [-0.39, 0.29) is 17.5 Å². The highest BCUT2D eigenvalue weighted by molar-refractivity contribution is 6.41. The Labute approximate surface area is 149 Å². The standard InChI is InChI=1S/C19H14ClN3O2/c1-11-7-15-16(8-12(11)2)22(10-21-15)17-9-18(24)23(19(17)25)14-5-3-13(20)4-6-14/h3-10H,1-2H3. The van der Waals surface area contributed by atoms with Gasteiger partial charge in [-0.3, -0.25) is 14.2 Å². The average Bonchev–Trinajstić information content (AvgIpc) is 3.10. The van der Waals surface area contributed by atoms with E-state index in [4.69, 9.17) is 11.6 Å². The molecule has 2 aromatic carbocycles. The molecule has 0 radical (unpaired) electrons. The van der Waals surface area contributed by atoms with Crippen LogP contribution in [0.1, 0.15) is 11.1 Å². The number of aryl methyl sites for hydroxylation is 2. The van der Waals surface area contributed by atoms with Gasteiger partial charge in [-0.25, -0.2) is 9.88 Å². The van der Waals surface area contributed by atoms with Crippen LogP contribution in [0.4, 0.5) is 5.69 Å². The second-order valence-corrected chi connectivity index (χ2v) is 6.46. The summed E-state index contributed by atoms with van der Waals surface area (Å²) in [7, 11) is 0. The number of anilines is 1. The van der Waals surface area contributed by atoms with Gasteiger partial charge in [0.1, 0.15) is 12.0 Å². The molecule has 2 amide bonds. The molecule has 1 aliphatic rings. The van der Waals surface area contributed by atoms with Crippen molar-refractivity contribution in [3.63, 3.8) is 0 Å². The number of carbonyl (C=O) groups excluding carboxylic acids is 2. The molecule has 0 unspecified atom stereocenters. The molecule has 0 saturated carbocycles. The van der Waals surface area contributed by atoms with Crippen LogP contribution >= 0.6 is 11.6 Å². The van der Waals surface area contributed by atoms with Crippen molar-refractivity contribution in [3.8, 4) is 0 Å². The number of imidazole rings is 1. The van der Waals surface area contributed by atoms with Crippen molar-refractivity contribution in [1.82, 2.24) is 9.55 Å². The number of benzene rings is 2. The largest absolute Gasteiger partial charge is 0.293 e. The Morgan fingerprint density at radius 1 is 1.00 bits per heavy atom. The lowest BCUT2D eigenvalue weighted by Gasteiger charge is -2.15. The number of aromatic nitrogens is 2. The quantitative estimate of drug-likeness (QED) is 0.661. The van der Waals surface area contributed by atoms with Crippen molar-refractivity contribution in [1.29, 1.82) is 0 Å². The highest BCUT2D eigenvalue weighted by Gasteiger charge is 2.34. The van der Waals surface area contributed by atoms with Gasteiger partial charge < -0.3 is 0 Å². The lowest BCUT2D eigenvalue weighted by molar-refractivity contribution is -0.119. The highest BCUT2D eigenvalue weighted by atomic mass is 35.5. The van der Waals surface area contributed by atoms with Crippen LogP contribution in [0.15, 0.2) is 48.8 Å². The third-order valence-electron chi connectivity index (χ3n) is 4.41. The Kier molecular flexibility index (Phi) is 3.47. The number of imide groups is 1. The molecule has 4 rings (SSSR count). The second-order valence-electron chi connectivity index (χ2n) is 6.02. The van der Waals surface area contributed by atoms with Crippen LogP contribution in [-0.2, 0) is 9.59 Å². The number of halogens is 1. The van der Waals surface area contributed by atoms with Crippen LogP contribution in [0.3, 0.4) is 0 Å². The third kappa shape index (κ3) is 2.44. The molecule has 2 heterocycles. The Hall–Kier alpha value is -2.92. The van der Waals surface area contributed by atoms with Gasteiger partial charge >= 0.3 is 0 Å². The zero-order chi connectivity index (χ0) is 17.7. The maximum absolute atomic E-state index is 12.9. The van der Waals surface area contributed by atoms with E-state index in [1.54, 1.807) is 35.2 Å². The van der Waals surface area contributed by atoms with E-state index in [1.165, 1.54) is 6.08 Å². The van der Waals surface area contributed by atoms with Gasteiger partial charge in [0.25, 0.3) is 11.8 Å². The fourth-order valence-corrected chi connectivity index (χ4v) is 3.05. The predicted octanol–water partition coefficient (Wildman–Crippen LogP) is 3.72. The fraction of sp³-hybridized carbons (Fsp3) is 0.105. The average molecular weight is 352 g/mol. The van der Waals surface area contributed by atoms with Gasteiger partial charge in [-0.2, -0.15) is 0 Å². The van der Waals surface area contributed by atoms with Crippen molar-refractivity contribution in [2.45, 2.75) is 13.8 Å². The fourth-order valence-electron chi connectivity index (χ4n) is 2.92. The number of nitrogens with zero attached hydrogens (tertiary/aromatic N) is 3. The van der Waals surface area contributed by atoms with E-state index in [0.29, 0.717) is 10.7 Å². The molecule has 25 heavy (non-hydrogen) atoms. The van der Waals surface area contributed by atoms with Crippen molar-refractivity contribution in [2.24, 2.45) is 0 Å². The van der Waals surface area contributed by atoms with Gasteiger partial charge in [-0.05, 0) is 61.4 Å². The van der Waals surface area contributed by atoms with Crippen molar-refractivity contribution in [3.05, 3.63) is 65.0 Å². The Morgan fingerprint density at radius 2 is 1.68 bits per heavy atom. The zero-order valence-corrected chi connectivity index (χ0v) is 14.4. The summed E-state index contributed by atoms with van der Waals surface area (Å²) in [6.45, 7) is 4.02. The van der Waals surface area contributed by atoms with E-state index in [2.05, 4.69) is 4.98 Å². The molecular formula is C19H14ClN3O2. The van der Waals surface area contributed by atoms with E-state index < -0.39 is 0 Å². The number of hydrogen-bond donors (Lipinski definition) is 0. The lowest BCUT2D eigenvalue weighted by atomic mass is 10.1. The van der Waals surface area contributed by atoms with E-state index in [0.717, 1.165) is 27.1 Å². The van der Waals surface area contributed by atoms with Crippen molar-refractivity contribution in [2.75, 3.05) is 4.90 Å². The van der Waals surface area contributed by atoms with Gasteiger partial charge in [-0.15, -0.1) is 0 Å². The lowest BCUT2D eigenvalue weighted by Crippen LogP contribution is -2.31. The Morgan fingerprint density at radius 3 is 2.40 bits per heavy atom. The summed E-state index contributed by atoms with van der Waals surface area (Å²) in [5.41, 5.74) is 4.58. The first kappa shape index (κ1) is 15.6. The first-order chi connectivity index (χ1) is 12.0. The van der Waals surface area contributed by atoms with Gasteiger partial charge in [-0.1, -0.05) is 11.6 Å². The summed E-state index contributed by atoms with van der Waals surface area (Å²) in [4.78, 5) is 30.7. The molecule has 1 aliphatic heterocycles. The summed E-state index contributed by atoms with van der Waals surface area (Å²) in [6.07, 6.45) is 2.92. The Bertz CT molecular complexity index is 1060. The molecule has 124 valence electrons. The first-order valence-corrected chi connectivity index (χ1v) is 8.14. The molecule has 0 atom stereocenters. The molecule has 1 aromatic heterocycles. The molecule has 0 fully saturated rings. The minimum Gasteiger partial charge on any atom is -0.293 e.